The molecule has 178 valence electrons. The molecule has 0 amide bonds. The van der Waals surface area contributed by atoms with Crippen molar-refractivity contribution >= 4 is 0 Å². The third kappa shape index (κ3) is 4.27. The van der Waals surface area contributed by atoms with Gasteiger partial charge in [0, 0.05) is 12.0 Å². The van der Waals surface area contributed by atoms with E-state index in [0.29, 0.717) is 18.9 Å². The zero-order chi connectivity index (χ0) is 24.2. The largest absolute Gasteiger partial charge is 0.490 e. The van der Waals surface area contributed by atoms with Crippen LogP contribution in [0.3, 0.4) is 0 Å². The summed E-state index contributed by atoms with van der Waals surface area (Å²) in [6.45, 7) is 1.31. The first kappa shape index (κ1) is 22.2. The number of epoxide rings is 1. The molecule has 1 saturated heterocycles. The highest BCUT2D eigenvalue weighted by atomic mass is 16.6. The summed E-state index contributed by atoms with van der Waals surface area (Å²) in [7, 11) is 0. The molecule has 4 aromatic carbocycles. The van der Waals surface area contributed by atoms with E-state index in [9.17, 15) is 0 Å². The molecule has 0 saturated carbocycles. The molecule has 0 aliphatic carbocycles. The first-order valence-electron chi connectivity index (χ1n) is 12.1. The van der Waals surface area contributed by atoms with Crippen LogP contribution in [0.4, 0.5) is 0 Å². The van der Waals surface area contributed by atoms with Crippen molar-refractivity contribution in [2.75, 3.05) is 13.2 Å². The molecule has 0 N–H and O–H groups in total. The number of hydrogen-bond donors (Lipinski definition) is 0. The van der Waals surface area contributed by atoms with Crippen molar-refractivity contribution in [1.29, 1.82) is 0 Å². The highest BCUT2D eigenvalue weighted by molar-refractivity contribution is 5.49. The summed E-state index contributed by atoms with van der Waals surface area (Å²) in [5, 5.41) is 14.1. The van der Waals surface area contributed by atoms with Crippen molar-refractivity contribution in [2.24, 2.45) is 0 Å². The number of tetrazole rings is 1. The number of para-hydroxylation sites is 1. The topological polar surface area (TPSA) is 65.4 Å². The lowest BCUT2D eigenvalue weighted by molar-refractivity contribution is 0.261. The van der Waals surface area contributed by atoms with Crippen molar-refractivity contribution in [3.8, 4) is 5.75 Å². The monoisotopic (exact) mass is 474 g/mol. The van der Waals surface area contributed by atoms with Gasteiger partial charge in [-0.25, -0.2) is 0 Å². The maximum atomic E-state index is 6.01. The van der Waals surface area contributed by atoms with E-state index >= 15 is 0 Å². The Labute approximate surface area is 210 Å². The molecule has 0 spiro atoms. The van der Waals surface area contributed by atoms with Crippen LogP contribution in [0.5, 0.6) is 5.75 Å². The van der Waals surface area contributed by atoms with Crippen LogP contribution in [0.2, 0.25) is 0 Å². The lowest BCUT2D eigenvalue weighted by Crippen LogP contribution is -2.39. The van der Waals surface area contributed by atoms with Crippen LogP contribution >= 0.6 is 0 Å². The van der Waals surface area contributed by atoms with Gasteiger partial charge >= 0.3 is 0 Å². The van der Waals surface area contributed by atoms with Gasteiger partial charge in [-0.3, -0.25) is 0 Å². The smallest absolute Gasteiger partial charge is 0.179 e. The van der Waals surface area contributed by atoms with E-state index < -0.39 is 5.54 Å². The van der Waals surface area contributed by atoms with Crippen LogP contribution in [0.25, 0.3) is 0 Å². The summed E-state index contributed by atoms with van der Waals surface area (Å²) in [5.74, 6) is 1.45. The molecule has 1 aliphatic heterocycles. The molecule has 1 aliphatic rings. The Bertz CT molecular complexity index is 1320. The Kier molecular flexibility index (Phi) is 6.01. The SMILES string of the molecule is c1ccc(C(c2ccccc2)(c2ccccc2)n2nnc(Cc3ccccc3OC[C@@H]3CO3)n2)cc1. The Hall–Kier alpha value is -4.29. The van der Waals surface area contributed by atoms with Gasteiger partial charge in [-0.2, -0.15) is 0 Å². The molecular weight excluding hydrogens is 448 g/mol. The highest BCUT2D eigenvalue weighted by Gasteiger charge is 2.41. The van der Waals surface area contributed by atoms with Crippen LogP contribution in [0.1, 0.15) is 28.1 Å². The van der Waals surface area contributed by atoms with Gasteiger partial charge in [0.25, 0.3) is 0 Å². The summed E-state index contributed by atoms with van der Waals surface area (Å²) >= 11 is 0. The third-order valence-electron chi connectivity index (χ3n) is 6.48. The second kappa shape index (κ2) is 9.76. The van der Waals surface area contributed by atoms with Crippen molar-refractivity contribution < 1.29 is 9.47 Å². The zero-order valence-corrected chi connectivity index (χ0v) is 19.8. The van der Waals surface area contributed by atoms with Crippen molar-refractivity contribution in [3.63, 3.8) is 0 Å². The highest BCUT2D eigenvalue weighted by Crippen LogP contribution is 2.39. The van der Waals surface area contributed by atoms with Crippen LogP contribution < -0.4 is 4.74 Å². The Balaban J connectivity index is 1.45. The molecule has 6 nitrogen and oxygen atoms in total. The molecule has 2 heterocycles. The molecule has 0 unspecified atom stereocenters. The molecular formula is C30H26N4O2. The minimum absolute atomic E-state index is 0.195. The van der Waals surface area contributed by atoms with Crippen LogP contribution in [0, 0.1) is 0 Å². The minimum atomic E-state index is -0.783. The standard InChI is InChI=1S/C30H26N4O2/c1-4-13-24(14-5-1)30(25-15-6-2-7-16-25,26-17-8-3-9-18-26)34-32-29(31-33-34)20-23-12-10-11-19-28(23)36-22-27-21-35-27/h1-19,27H,20-22H2/t27-/m0/s1. The summed E-state index contributed by atoms with van der Waals surface area (Å²) in [5.41, 5.74) is 3.40. The Morgan fingerprint density at radius 1 is 0.750 bits per heavy atom. The van der Waals surface area contributed by atoms with Crippen LogP contribution in [-0.4, -0.2) is 39.5 Å². The van der Waals surface area contributed by atoms with Gasteiger partial charge in [0.1, 0.15) is 18.5 Å². The minimum Gasteiger partial charge on any atom is -0.490 e. The van der Waals surface area contributed by atoms with Crippen LogP contribution in [0.15, 0.2) is 115 Å². The summed E-state index contributed by atoms with van der Waals surface area (Å²) in [6, 6.07) is 39.0. The van der Waals surface area contributed by atoms with E-state index in [0.717, 1.165) is 34.6 Å². The predicted octanol–water partition coefficient (Wildman–Crippen LogP) is 4.88. The van der Waals surface area contributed by atoms with Gasteiger partial charge < -0.3 is 9.47 Å². The maximum Gasteiger partial charge on any atom is 0.179 e. The second-order valence-corrected chi connectivity index (χ2v) is 8.85. The molecule has 6 heteroatoms. The molecule has 0 radical (unpaired) electrons. The first-order valence-corrected chi connectivity index (χ1v) is 12.1. The third-order valence-corrected chi connectivity index (χ3v) is 6.48. The van der Waals surface area contributed by atoms with E-state index in [1.807, 2.05) is 78.9 Å². The zero-order valence-electron chi connectivity index (χ0n) is 19.8. The quantitative estimate of drug-likeness (QED) is 0.225. The first-order chi connectivity index (χ1) is 17.8. The fourth-order valence-corrected chi connectivity index (χ4v) is 4.65. The summed E-state index contributed by atoms with van der Waals surface area (Å²) in [4.78, 5) is 1.75. The van der Waals surface area contributed by atoms with Crippen molar-refractivity contribution in [1.82, 2.24) is 20.2 Å². The number of hydrogen-bond acceptors (Lipinski definition) is 5. The molecule has 5 aromatic rings. The van der Waals surface area contributed by atoms with Crippen LogP contribution in [-0.2, 0) is 16.7 Å². The lowest BCUT2D eigenvalue weighted by atomic mass is 9.77. The molecule has 36 heavy (non-hydrogen) atoms. The van der Waals surface area contributed by atoms with Gasteiger partial charge in [0.15, 0.2) is 11.4 Å². The fourth-order valence-electron chi connectivity index (χ4n) is 4.65. The Morgan fingerprint density at radius 2 is 1.28 bits per heavy atom. The predicted molar refractivity (Wildman–Crippen MR) is 137 cm³/mol. The van der Waals surface area contributed by atoms with Gasteiger partial charge in [0.05, 0.1) is 6.61 Å². The second-order valence-electron chi connectivity index (χ2n) is 8.85. The van der Waals surface area contributed by atoms with Crippen molar-refractivity contribution in [3.05, 3.63) is 143 Å². The number of rotatable bonds is 9. The summed E-state index contributed by atoms with van der Waals surface area (Å²) in [6.07, 6.45) is 0.705. The van der Waals surface area contributed by atoms with E-state index in [1.54, 1.807) is 4.80 Å². The number of nitrogens with zero attached hydrogens (tertiary/aromatic N) is 4. The number of aromatic nitrogens is 4. The fraction of sp³-hybridized carbons (Fsp3) is 0.167. The molecule has 6 rings (SSSR count). The lowest BCUT2D eigenvalue weighted by Gasteiger charge is -2.34. The number of benzene rings is 4. The van der Waals surface area contributed by atoms with Gasteiger partial charge in [-0.15, -0.1) is 15.0 Å². The molecule has 1 fully saturated rings. The summed E-state index contributed by atoms with van der Waals surface area (Å²) < 4.78 is 11.3. The average Bonchev–Trinajstić information content (AvgIpc) is 3.67. The van der Waals surface area contributed by atoms with E-state index in [2.05, 4.69) is 46.7 Å². The Morgan fingerprint density at radius 3 is 1.83 bits per heavy atom. The average molecular weight is 475 g/mol. The van der Waals surface area contributed by atoms with E-state index in [-0.39, 0.29) is 6.10 Å². The maximum absolute atomic E-state index is 6.01. The molecule has 1 aromatic heterocycles. The molecule has 1 atom stereocenters. The normalized spacial score (nSPS) is 14.9. The van der Waals surface area contributed by atoms with E-state index in [4.69, 9.17) is 14.6 Å². The van der Waals surface area contributed by atoms with E-state index in [1.165, 1.54) is 0 Å². The molecule has 0 bridgehead atoms. The number of ether oxygens (including phenoxy) is 2. The van der Waals surface area contributed by atoms with Crippen molar-refractivity contribution in [2.45, 2.75) is 18.1 Å². The van der Waals surface area contributed by atoms with Gasteiger partial charge in [-0.1, -0.05) is 109 Å². The van der Waals surface area contributed by atoms with Gasteiger partial charge in [-0.05, 0) is 28.0 Å². The van der Waals surface area contributed by atoms with Gasteiger partial charge in [0.2, 0.25) is 0 Å².